The van der Waals surface area contributed by atoms with Crippen molar-refractivity contribution in [2.24, 2.45) is 11.1 Å². The average molecular weight is 570 g/mol. The van der Waals surface area contributed by atoms with E-state index in [1.54, 1.807) is 6.20 Å². The number of fused-ring (bicyclic) bond motifs is 1. The molecule has 2 aliphatic carbocycles. The number of benzene rings is 1. The lowest BCUT2D eigenvalue weighted by Crippen LogP contribution is -2.38. The second-order valence-corrected chi connectivity index (χ2v) is 11.3. The van der Waals surface area contributed by atoms with Crippen LogP contribution < -0.4 is 16.4 Å². The van der Waals surface area contributed by atoms with Crippen LogP contribution in [0.1, 0.15) is 64.3 Å². The Hall–Kier alpha value is -2.79. The number of primary amides is 1. The Morgan fingerprint density at radius 2 is 1.71 bits per heavy atom. The number of amides is 1. The molecule has 0 radical (unpaired) electrons. The highest BCUT2D eigenvalue weighted by Gasteiger charge is 2.38. The summed E-state index contributed by atoms with van der Waals surface area (Å²) < 4.78 is 42.9. The SMILES string of the molecule is C[C@]1(C(N)=O)CC[C@H](n2c(Nc3c(Cl)cc(F)cc3Cl)nc3cnc(NC4CCC(F)(F)CC4)nc32)CC1. The summed E-state index contributed by atoms with van der Waals surface area (Å²) in [6, 6.07) is 2.04. The molecule has 2 heterocycles. The lowest BCUT2D eigenvalue weighted by Gasteiger charge is -2.35. The van der Waals surface area contributed by atoms with E-state index in [4.69, 9.17) is 33.9 Å². The molecule has 204 valence electrons. The van der Waals surface area contributed by atoms with Crippen molar-refractivity contribution in [3.63, 3.8) is 0 Å². The summed E-state index contributed by atoms with van der Waals surface area (Å²) in [6.07, 6.45) is 4.26. The summed E-state index contributed by atoms with van der Waals surface area (Å²) in [7, 11) is 0. The minimum absolute atomic E-state index is 0.0843. The Morgan fingerprint density at radius 1 is 1.08 bits per heavy atom. The van der Waals surface area contributed by atoms with Crippen LogP contribution in [0.5, 0.6) is 0 Å². The smallest absolute Gasteiger partial charge is 0.248 e. The molecular formula is C25H28Cl2F3N7O. The summed E-state index contributed by atoms with van der Waals surface area (Å²) in [5, 5.41) is 6.49. The number of nitrogens with one attached hydrogen (secondary N) is 2. The van der Waals surface area contributed by atoms with Crippen LogP contribution in [-0.2, 0) is 4.79 Å². The van der Waals surface area contributed by atoms with E-state index in [2.05, 4.69) is 20.6 Å². The molecule has 2 aliphatic rings. The molecule has 38 heavy (non-hydrogen) atoms. The molecule has 8 nitrogen and oxygen atoms in total. The van der Waals surface area contributed by atoms with Crippen molar-refractivity contribution in [1.82, 2.24) is 19.5 Å². The molecule has 0 atom stereocenters. The number of rotatable bonds is 6. The molecule has 2 aromatic heterocycles. The van der Waals surface area contributed by atoms with Crippen LogP contribution in [-0.4, -0.2) is 37.4 Å². The van der Waals surface area contributed by atoms with Crippen molar-refractivity contribution in [2.45, 2.75) is 76.3 Å². The standard InChI is InChI=1S/C25H28Cl2F3N7O/c1-24(21(31)38)6-4-15(5-7-24)37-20-18(34-23(37)35-19-16(26)10-13(28)11-17(19)27)12-32-22(36-20)33-14-2-8-25(29,30)9-3-14/h10-12,14-15H,2-9H2,1H3,(H2,31,38)(H,34,35)(H,32,33,36)/t15-,24-. The molecule has 0 bridgehead atoms. The molecule has 2 saturated carbocycles. The Balaban J connectivity index is 1.50. The molecule has 1 amide bonds. The van der Waals surface area contributed by atoms with Crippen LogP contribution in [0.25, 0.3) is 11.2 Å². The minimum Gasteiger partial charge on any atom is -0.369 e. The Labute approximate surface area is 227 Å². The molecule has 13 heteroatoms. The number of carbonyl (C=O) groups is 1. The van der Waals surface area contributed by atoms with Crippen molar-refractivity contribution in [2.75, 3.05) is 10.6 Å². The summed E-state index contributed by atoms with van der Waals surface area (Å²) >= 11 is 12.6. The second-order valence-electron chi connectivity index (χ2n) is 10.5. The predicted molar refractivity (Wildman–Crippen MR) is 141 cm³/mol. The van der Waals surface area contributed by atoms with Gasteiger partial charge in [-0.1, -0.05) is 30.1 Å². The van der Waals surface area contributed by atoms with Crippen LogP contribution in [0.4, 0.5) is 30.8 Å². The molecule has 3 aromatic rings. The lowest BCUT2D eigenvalue weighted by molar-refractivity contribution is -0.128. The largest absolute Gasteiger partial charge is 0.369 e. The number of hydrogen-bond acceptors (Lipinski definition) is 6. The maximum Gasteiger partial charge on any atom is 0.248 e. The van der Waals surface area contributed by atoms with E-state index in [1.165, 1.54) is 0 Å². The van der Waals surface area contributed by atoms with Gasteiger partial charge in [0.1, 0.15) is 11.3 Å². The van der Waals surface area contributed by atoms with Crippen LogP contribution in [0.2, 0.25) is 10.0 Å². The van der Waals surface area contributed by atoms with Gasteiger partial charge in [0.2, 0.25) is 23.7 Å². The number of halogens is 5. The van der Waals surface area contributed by atoms with Gasteiger partial charge in [-0.05, 0) is 50.7 Å². The molecule has 0 spiro atoms. The van der Waals surface area contributed by atoms with E-state index in [0.29, 0.717) is 67.3 Å². The van der Waals surface area contributed by atoms with E-state index in [0.717, 1.165) is 12.1 Å². The van der Waals surface area contributed by atoms with Gasteiger partial charge < -0.3 is 16.4 Å². The van der Waals surface area contributed by atoms with Crippen LogP contribution in [0.3, 0.4) is 0 Å². The fourth-order valence-electron chi connectivity index (χ4n) is 5.28. The van der Waals surface area contributed by atoms with Crippen molar-refractivity contribution in [1.29, 1.82) is 0 Å². The van der Waals surface area contributed by atoms with Gasteiger partial charge in [0, 0.05) is 30.3 Å². The fourth-order valence-corrected chi connectivity index (χ4v) is 5.83. The molecule has 0 unspecified atom stereocenters. The van der Waals surface area contributed by atoms with Gasteiger partial charge in [-0.2, -0.15) is 4.98 Å². The number of carbonyl (C=O) groups excluding carboxylic acids is 1. The first-order valence-corrected chi connectivity index (χ1v) is 13.3. The van der Waals surface area contributed by atoms with Gasteiger partial charge in [0.25, 0.3) is 0 Å². The molecule has 4 N–H and O–H groups in total. The van der Waals surface area contributed by atoms with E-state index in [1.807, 2.05) is 11.5 Å². The number of imidazole rings is 1. The zero-order valence-corrected chi connectivity index (χ0v) is 22.2. The Bertz CT molecular complexity index is 1340. The molecule has 5 rings (SSSR count). The van der Waals surface area contributed by atoms with E-state index in [-0.39, 0.29) is 40.9 Å². The fraction of sp³-hybridized carbons (Fsp3) is 0.520. The average Bonchev–Trinajstić information content (AvgIpc) is 3.20. The minimum atomic E-state index is -2.63. The normalized spacial score (nSPS) is 23.9. The number of nitrogens with two attached hydrogens (primary N) is 1. The number of anilines is 3. The number of hydrogen-bond donors (Lipinski definition) is 3. The highest BCUT2D eigenvalue weighted by molar-refractivity contribution is 6.39. The molecule has 0 aliphatic heterocycles. The highest BCUT2D eigenvalue weighted by Crippen LogP contribution is 2.44. The van der Waals surface area contributed by atoms with Crippen molar-refractivity contribution < 1.29 is 18.0 Å². The first-order valence-electron chi connectivity index (χ1n) is 12.5. The highest BCUT2D eigenvalue weighted by atomic mass is 35.5. The maximum absolute atomic E-state index is 13.8. The molecule has 2 fully saturated rings. The lowest BCUT2D eigenvalue weighted by atomic mass is 9.73. The van der Waals surface area contributed by atoms with Gasteiger partial charge in [-0.25, -0.2) is 23.1 Å². The van der Waals surface area contributed by atoms with Crippen molar-refractivity contribution in [3.8, 4) is 0 Å². The van der Waals surface area contributed by atoms with Crippen LogP contribution >= 0.6 is 23.2 Å². The molecular weight excluding hydrogens is 542 g/mol. The van der Waals surface area contributed by atoms with E-state index in [9.17, 15) is 18.0 Å². The third-order valence-electron chi connectivity index (χ3n) is 7.75. The number of aromatic nitrogens is 4. The monoisotopic (exact) mass is 569 g/mol. The molecule has 0 saturated heterocycles. The predicted octanol–water partition coefficient (Wildman–Crippen LogP) is 6.61. The summed E-state index contributed by atoms with van der Waals surface area (Å²) in [5.41, 5.74) is 6.35. The van der Waals surface area contributed by atoms with Gasteiger partial charge in [0.15, 0.2) is 5.65 Å². The summed E-state index contributed by atoms with van der Waals surface area (Å²) in [6.45, 7) is 1.87. The zero-order chi connectivity index (χ0) is 27.2. The Kier molecular flexibility index (Phi) is 7.10. The van der Waals surface area contributed by atoms with Gasteiger partial charge in [-0.3, -0.25) is 9.36 Å². The zero-order valence-electron chi connectivity index (χ0n) is 20.7. The maximum atomic E-state index is 13.8. The van der Waals surface area contributed by atoms with Crippen molar-refractivity contribution >= 4 is 57.9 Å². The topological polar surface area (TPSA) is 111 Å². The first-order chi connectivity index (χ1) is 17.9. The first kappa shape index (κ1) is 26.8. The third-order valence-corrected chi connectivity index (χ3v) is 8.34. The second kappa shape index (κ2) is 10.1. The summed E-state index contributed by atoms with van der Waals surface area (Å²) in [4.78, 5) is 25.8. The van der Waals surface area contributed by atoms with Crippen LogP contribution in [0.15, 0.2) is 18.3 Å². The van der Waals surface area contributed by atoms with Gasteiger partial charge >= 0.3 is 0 Å². The quantitative estimate of drug-likeness (QED) is 0.308. The Morgan fingerprint density at radius 3 is 2.32 bits per heavy atom. The third kappa shape index (κ3) is 5.36. The van der Waals surface area contributed by atoms with Crippen molar-refractivity contribution in [3.05, 3.63) is 34.2 Å². The summed E-state index contributed by atoms with van der Waals surface area (Å²) in [5.74, 6) is -2.84. The van der Waals surface area contributed by atoms with Gasteiger partial charge in [0.05, 0.1) is 21.9 Å². The number of nitrogens with zero attached hydrogens (tertiary/aromatic N) is 4. The van der Waals surface area contributed by atoms with E-state index < -0.39 is 17.2 Å². The number of alkyl halides is 2. The van der Waals surface area contributed by atoms with Gasteiger partial charge in [-0.15, -0.1) is 0 Å². The van der Waals surface area contributed by atoms with Crippen LogP contribution in [0, 0.1) is 11.2 Å². The molecule has 1 aromatic carbocycles. The van der Waals surface area contributed by atoms with E-state index >= 15 is 0 Å².